The minimum atomic E-state index is 0.244. The molecule has 0 spiro atoms. The van der Waals surface area contributed by atoms with Crippen molar-refractivity contribution in [1.82, 2.24) is 5.32 Å². The van der Waals surface area contributed by atoms with E-state index in [-0.39, 0.29) is 6.04 Å². The van der Waals surface area contributed by atoms with Gasteiger partial charge in [-0.15, -0.1) is 0 Å². The second-order valence-electron chi connectivity index (χ2n) is 4.83. The van der Waals surface area contributed by atoms with Crippen LogP contribution in [0.4, 0.5) is 0 Å². The Balaban J connectivity index is 2.30. The third-order valence-corrected chi connectivity index (χ3v) is 4.57. The molecule has 2 rings (SSSR count). The molecule has 2 nitrogen and oxygen atoms in total. The maximum atomic E-state index is 5.35. The van der Waals surface area contributed by atoms with Gasteiger partial charge in [0.25, 0.3) is 0 Å². The predicted molar refractivity (Wildman–Crippen MR) is 95.0 cm³/mol. The fourth-order valence-corrected chi connectivity index (χ4v) is 3.32. The molecular weight excluding hydrogens is 394 g/mol. The highest BCUT2D eigenvalue weighted by Gasteiger charge is 2.15. The second kappa shape index (κ2) is 7.97. The zero-order chi connectivity index (χ0) is 15.2. The van der Waals surface area contributed by atoms with Gasteiger partial charge in [-0.2, -0.15) is 0 Å². The third-order valence-electron chi connectivity index (χ3n) is 3.36. The van der Waals surface area contributed by atoms with E-state index in [9.17, 15) is 0 Å². The fourth-order valence-electron chi connectivity index (χ4n) is 2.35. The SMILES string of the molecule is CCNC(Cc1cccc(Br)c1)c1cc(OC)ccc1Br. The highest BCUT2D eigenvalue weighted by Crippen LogP contribution is 2.30. The van der Waals surface area contributed by atoms with E-state index in [1.54, 1.807) is 7.11 Å². The molecule has 0 aliphatic rings. The lowest BCUT2D eigenvalue weighted by Gasteiger charge is -2.21. The first kappa shape index (κ1) is 16.5. The van der Waals surface area contributed by atoms with Gasteiger partial charge in [-0.1, -0.05) is 50.9 Å². The van der Waals surface area contributed by atoms with Crippen molar-refractivity contribution < 1.29 is 4.74 Å². The highest BCUT2D eigenvalue weighted by atomic mass is 79.9. The number of likely N-dealkylation sites (N-methyl/N-ethyl adjacent to an activating group) is 1. The van der Waals surface area contributed by atoms with E-state index in [0.717, 1.165) is 27.7 Å². The van der Waals surface area contributed by atoms with Crippen molar-refractivity contribution in [2.45, 2.75) is 19.4 Å². The van der Waals surface area contributed by atoms with Gasteiger partial charge in [0.05, 0.1) is 7.11 Å². The summed E-state index contributed by atoms with van der Waals surface area (Å²) in [4.78, 5) is 0. The number of hydrogen-bond donors (Lipinski definition) is 1. The van der Waals surface area contributed by atoms with E-state index in [4.69, 9.17) is 4.74 Å². The number of halogens is 2. The lowest BCUT2D eigenvalue weighted by atomic mass is 9.98. The largest absolute Gasteiger partial charge is 0.497 e. The molecule has 2 aromatic carbocycles. The zero-order valence-electron chi connectivity index (χ0n) is 12.2. The average Bonchev–Trinajstić information content (AvgIpc) is 2.47. The number of ether oxygens (including phenoxy) is 1. The van der Waals surface area contributed by atoms with Gasteiger partial charge in [-0.25, -0.2) is 0 Å². The Kier molecular flexibility index (Phi) is 6.27. The quantitative estimate of drug-likeness (QED) is 0.711. The van der Waals surface area contributed by atoms with Crippen LogP contribution in [0.25, 0.3) is 0 Å². The Labute approximate surface area is 143 Å². The van der Waals surface area contributed by atoms with E-state index < -0.39 is 0 Å². The van der Waals surface area contributed by atoms with Gasteiger partial charge in [0.15, 0.2) is 0 Å². The Morgan fingerprint density at radius 1 is 1.14 bits per heavy atom. The van der Waals surface area contributed by atoms with Gasteiger partial charge >= 0.3 is 0 Å². The lowest BCUT2D eigenvalue weighted by molar-refractivity contribution is 0.412. The molecule has 1 unspecified atom stereocenters. The third kappa shape index (κ3) is 4.56. The molecule has 0 saturated carbocycles. The molecule has 0 amide bonds. The first-order chi connectivity index (χ1) is 10.1. The molecular formula is C17H19Br2NO. The molecule has 1 atom stereocenters. The average molecular weight is 413 g/mol. The smallest absolute Gasteiger partial charge is 0.119 e. The maximum absolute atomic E-state index is 5.35. The summed E-state index contributed by atoms with van der Waals surface area (Å²) in [6.07, 6.45) is 0.930. The van der Waals surface area contributed by atoms with Crippen LogP contribution in [0.1, 0.15) is 24.1 Å². The van der Waals surface area contributed by atoms with Crippen LogP contribution in [0.15, 0.2) is 51.4 Å². The van der Waals surface area contributed by atoms with Crippen molar-refractivity contribution in [2.75, 3.05) is 13.7 Å². The summed E-state index contributed by atoms with van der Waals surface area (Å²) in [5.41, 5.74) is 2.52. The molecule has 0 aromatic heterocycles. The van der Waals surface area contributed by atoms with E-state index in [2.05, 4.69) is 68.4 Å². The summed E-state index contributed by atoms with van der Waals surface area (Å²) in [6, 6.07) is 14.8. The molecule has 0 heterocycles. The van der Waals surface area contributed by atoms with Crippen LogP contribution in [-0.2, 0) is 6.42 Å². The summed E-state index contributed by atoms with van der Waals surface area (Å²) in [5, 5.41) is 3.56. The van der Waals surface area contributed by atoms with Gasteiger partial charge in [-0.05, 0) is 54.4 Å². The Morgan fingerprint density at radius 2 is 1.95 bits per heavy atom. The molecule has 0 aliphatic heterocycles. The van der Waals surface area contributed by atoms with Crippen LogP contribution >= 0.6 is 31.9 Å². The predicted octanol–water partition coefficient (Wildman–Crippen LogP) is 5.11. The number of methoxy groups -OCH3 is 1. The van der Waals surface area contributed by atoms with Crippen LogP contribution in [-0.4, -0.2) is 13.7 Å². The molecule has 0 radical (unpaired) electrons. The van der Waals surface area contributed by atoms with Crippen molar-refractivity contribution in [2.24, 2.45) is 0 Å². The lowest BCUT2D eigenvalue weighted by Crippen LogP contribution is -2.23. The van der Waals surface area contributed by atoms with Gasteiger partial charge in [0.1, 0.15) is 5.75 Å². The number of rotatable bonds is 6. The highest BCUT2D eigenvalue weighted by molar-refractivity contribution is 9.10. The van der Waals surface area contributed by atoms with Crippen LogP contribution in [0.2, 0.25) is 0 Å². The first-order valence-electron chi connectivity index (χ1n) is 6.95. The summed E-state index contributed by atoms with van der Waals surface area (Å²) in [7, 11) is 1.70. The number of nitrogens with one attached hydrogen (secondary N) is 1. The van der Waals surface area contributed by atoms with E-state index in [1.165, 1.54) is 11.1 Å². The van der Waals surface area contributed by atoms with Gasteiger partial charge in [0.2, 0.25) is 0 Å². The van der Waals surface area contributed by atoms with Crippen molar-refractivity contribution >= 4 is 31.9 Å². The van der Waals surface area contributed by atoms with Gasteiger partial charge < -0.3 is 10.1 Å². The molecule has 112 valence electrons. The van der Waals surface area contributed by atoms with Gasteiger partial charge in [-0.3, -0.25) is 0 Å². The molecule has 0 bridgehead atoms. The zero-order valence-corrected chi connectivity index (χ0v) is 15.4. The number of hydrogen-bond acceptors (Lipinski definition) is 2. The van der Waals surface area contributed by atoms with Crippen LogP contribution < -0.4 is 10.1 Å². The molecule has 0 fully saturated rings. The maximum Gasteiger partial charge on any atom is 0.119 e. The molecule has 0 aliphatic carbocycles. The molecule has 1 N–H and O–H groups in total. The van der Waals surface area contributed by atoms with Crippen molar-refractivity contribution in [1.29, 1.82) is 0 Å². The van der Waals surface area contributed by atoms with Crippen molar-refractivity contribution in [3.63, 3.8) is 0 Å². The Morgan fingerprint density at radius 3 is 2.62 bits per heavy atom. The van der Waals surface area contributed by atoms with Crippen LogP contribution in [0.5, 0.6) is 5.75 Å². The molecule has 2 aromatic rings. The summed E-state index contributed by atoms with van der Waals surface area (Å²) < 4.78 is 7.56. The minimum absolute atomic E-state index is 0.244. The Bertz CT molecular complexity index is 601. The minimum Gasteiger partial charge on any atom is -0.497 e. The van der Waals surface area contributed by atoms with Crippen LogP contribution in [0.3, 0.4) is 0 Å². The summed E-state index contributed by atoms with van der Waals surface area (Å²) in [5.74, 6) is 0.880. The molecule has 0 saturated heterocycles. The van der Waals surface area contributed by atoms with E-state index in [0.29, 0.717) is 0 Å². The monoisotopic (exact) mass is 411 g/mol. The van der Waals surface area contributed by atoms with Crippen molar-refractivity contribution in [3.05, 3.63) is 62.5 Å². The van der Waals surface area contributed by atoms with Gasteiger partial charge in [0, 0.05) is 15.0 Å². The Hall–Kier alpha value is -0.840. The topological polar surface area (TPSA) is 21.3 Å². The fraction of sp³-hybridized carbons (Fsp3) is 0.294. The summed E-state index contributed by atoms with van der Waals surface area (Å²) in [6.45, 7) is 3.05. The van der Waals surface area contributed by atoms with E-state index in [1.807, 2.05) is 18.2 Å². The standard InChI is InChI=1S/C17H19Br2NO/c1-3-20-17(10-12-5-4-6-13(18)9-12)15-11-14(21-2)7-8-16(15)19/h4-9,11,17,20H,3,10H2,1-2H3. The number of benzene rings is 2. The molecule has 21 heavy (non-hydrogen) atoms. The first-order valence-corrected chi connectivity index (χ1v) is 8.54. The second-order valence-corrected chi connectivity index (χ2v) is 6.60. The summed E-state index contributed by atoms with van der Waals surface area (Å²) >= 11 is 7.19. The van der Waals surface area contributed by atoms with E-state index >= 15 is 0 Å². The van der Waals surface area contributed by atoms with Crippen molar-refractivity contribution in [3.8, 4) is 5.75 Å². The molecule has 4 heteroatoms. The normalized spacial score (nSPS) is 12.2. The van der Waals surface area contributed by atoms with Crippen LogP contribution in [0, 0.1) is 0 Å².